The first-order valence-corrected chi connectivity index (χ1v) is 6.50. The topological polar surface area (TPSA) is 56.1 Å². The SMILES string of the molecule is CCN(C)C(=O)C(C)Nc1ccc(C#N)cc1Br. The van der Waals surface area contributed by atoms with Crippen LogP contribution >= 0.6 is 15.9 Å². The van der Waals surface area contributed by atoms with Gasteiger partial charge in [-0.1, -0.05) is 0 Å². The number of hydrogen-bond donors (Lipinski definition) is 1. The molecule has 0 radical (unpaired) electrons. The van der Waals surface area contributed by atoms with Crippen molar-refractivity contribution >= 4 is 27.5 Å². The van der Waals surface area contributed by atoms with E-state index in [0.717, 1.165) is 10.2 Å². The second-order valence-corrected chi connectivity index (χ2v) is 4.88. The van der Waals surface area contributed by atoms with Crippen LogP contribution in [0.15, 0.2) is 22.7 Å². The number of rotatable bonds is 4. The molecule has 1 amide bonds. The first kappa shape index (κ1) is 14.5. The standard InChI is InChI=1S/C13H16BrN3O/c1-4-17(3)13(18)9(2)16-12-6-5-10(8-15)7-11(12)14/h5-7,9,16H,4H2,1-3H3. The minimum Gasteiger partial charge on any atom is -0.373 e. The van der Waals surface area contributed by atoms with E-state index in [9.17, 15) is 4.79 Å². The smallest absolute Gasteiger partial charge is 0.244 e. The molecule has 0 spiro atoms. The van der Waals surface area contributed by atoms with Crippen LogP contribution in [0.3, 0.4) is 0 Å². The van der Waals surface area contributed by atoms with E-state index in [4.69, 9.17) is 5.26 Å². The normalized spacial score (nSPS) is 11.5. The van der Waals surface area contributed by atoms with Gasteiger partial charge in [0.05, 0.1) is 11.6 Å². The first-order valence-electron chi connectivity index (χ1n) is 5.70. The number of carbonyl (C=O) groups excluding carboxylic acids is 1. The fraction of sp³-hybridized carbons (Fsp3) is 0.385. The van der Waals surface area contributed by atoms with E-state index in [0.29, 0.717) is 12.1 Å². The Morgan fingerprint density at radius 3 is 2.78 bits per heavy atom. The molecule has 0 fully saturated rings. The van der Waals surface area contributed by atoms with Gasteiger partial charge in [0.15, 0.2) is 0 Å². The zero-order valence-electron chi connectivity index (χ0n) is 10.7. The van der Waals surface area contributed by atoms with Crippen molar-refractivity contribution in [3.8, 4) is 6.07 Å². The molecule has 1 rings (SSSR count). The van der Waals surface area contributed by atoms with Crippen LogP contribution < -0.4 is 5.32 Å². The lowest BCUT2D eigenvalue weighted by molar-refractivity contribution is -0.130. The van der Waals surface area contributed by atoms with Gasteiger partial charge in [-0.05, 0) is 48.0 Å². The summed E-state index contributed by atoms with van der Waals surface area (Å²) in [6.07, 6.45) is 0. The van der Waals surface area contributed by atoms with E-state index in [-0.39, 0.29) is 11.9 Å². The third-order valence-electron chi connectivity index (χ3n) is 2.69. The molecule has 0 aliphatic carbocycles. The van der Waals surface area contributed by atoms with E-state index in [1.165, 1.54) is 0 Å². The maximum atomic E-state index is 11.9. The Morgan fingerprint density at radius 2 is 2.28 bits per heavy atom. The average Bonchev–Trinajstić information content (AvgIpc) is 2.38. The van der Waals surface area contributed by atoms with Gasteiger partial charge in [-0.25, -0.2) is 0 Å². The van der Waals surface area contributed by atoms with E-state index in [1.807, 2.05) is 13.8 Å². The molecule has 0 aromatic heterocycles. The third-order valence-corrected chi connectivity index (χ3v) is 3.35. The van der Waals surface area contributed by atoms with E-state index < -0.39 is 0 Å². The van der Waals surface area contributed by atoms with Crippen LogP contribution in [0.25, 0.3) is 0 Å². The van der Waals surface area contributed by atoms with E-state index in [2.05, 4.69) is 27.3 Å². The number of nitrogens with zero attached hydrogens (tertiary/aromatic N) is 2. The van der Waals surface area contributed by atoms with Crippen molar-refractivity contribution in [2.75, 3.05) is 18.9 Å². The lowest BCUT2D eigenvalue weighted by atomic mass is 10.2. The molecule has 0 saturated heterocycles. The summed E-state index contributed by atoms with van der Waals surface area (Å²) in [6.45, 7) is 4.43. The Morgan fingerprint density at radius 1 is 1.61 bits per heavy atom. The molecule has 4 nitrogen and oxygen atoms in total. The van der Waals surface area contributed by atoms with Crippen molar-refractivity contribution in [2.45, 2.75) is 19.9 Å². The van der Waals surface area contributed by atoms with Crippen LogP contribution in [-0.4, -0.2) is 30.4 Å². The monoisotopic (exact) mass is 309 g/mol. The van der Waals surface area contributed by atoms with Crippen LogP contribution in [0, 0.1) is 11.3 Å². The Bertz CT molecular complexity index is 482. The predicted octanol–water partition coefficient (Wildman–Crippen LogP) is 2.60. The Balaban J connectivity index is 2.79. The number of anilines is 1. The quantitative estimate of drug-likeness (QED) is 0.930. The van der Waals surface area contributed by atoms with Crippen molar-refractivity contribution in [1.29, 1.82) is 5.26 Å². The van der Waals surface area contributed by atoms with Crippen molar-refractivity contribution in [3.63, 3.8) is 0 Å². The summed E-state index contributed by atoms with van der Waals surface area (Å²) in [5.74, 6) is 0.0359. The van der Waals surface area contributed by atoms with Crippen LogP contribution in [0.1, 0.15) is 19.4 Å². The van der Waals surface area contributed by atoms with Crippen molar-refractivity contribution in [3.05, 3.63) is 28.2 Å². The molecule has 1 aromatic rings. The molecule has 96 valence electrons. The highest BCUT2D eigenvalue weighted by Gasteiger charge is 2.16. The first-order chi connectivity index (χ1) is 8.49. The van der Waals surface area contributed by atoms with Crippen LogP contribution in [0.2, 0.25) is 0 Å². The minimum atomic E-state index is -0.306. The molecule has 18 heavy (non-hydrogen) atoms. The van der Waals surface area contributed by atoms with Gasteiger partial charge < -0.3 is 10.2 Å². The number of benzene rings is 1. The molecule has 1 aromatic carbocycles. The third kappa shape index (κ3) is 3.47. The molecule has 0 aliphatic heterocycles. The highest BCUT2D eigenvalue weighted by atomic mass is 79.9. The lowest BCUT2D eigenvalue weighted by Crippen LogP contribution is -2.38. The highest BCUT2D eigenvalue weighted by molar-refractivity contribution is 9.10. The number of amides is 1. The number of likely N-dealkylation sites (N-methyl/N-ethyl adjacent to an activating group) is 1. The Hall–Kier alpha value is -1.54. The average molecular weight is 310 g/mol. The van der Waals surface area contributed by atoms with Crippen LogP contribution in [-0.2, 0) is 4.79 Å². The molecule has 0 heterocycles. The minimum absolute atomic E-state index is 0.0359. The van der Waals surface area contributed by atoms with E-state index in [1.54, 1.807) is 30.1 Å². The van der Waals surface area contributed by atoms with Crippen molar-refractivity contribution < 1.29 is 4.79 Å². The van der Waals surface area contributed by atoms with Gasteiger partial charge in [0.2, 0.25) is 5.91 Å². The summed E-state index contributed by atoms with van der Waals surface area (Å²) in [5, 5.41) is 11.9. The number of nitrogens with one attached hydrogen (secondary N) is 1. The van der Waals surface area contributed by atoms with Gasteiger partial charge in [-0.3, -0.25) is 4.79 Å². The van der Waals surface area contributed by atoms with Gasteiger partial charge >= 0.3 is 0 Å². The summed E-state index contributed by atoms with van der Waals surface area (Å²) < 4.78 is 0.778. The fourth-order valence-electron chi connectivity index (χ4n) is 1.48. The van der Waals surface area contributed by atoms with Gasteiger partial charge in [-0.15, -0.1) is 0 Å². The Labute approximate surface area is 116 Å². The maximum Gasteiger partial charge on any atom is 0.244 e. The second-order valence-electron chi connectivity index (χ2n) is 4.02. The number of halogens is 1. The molecular formula is C13H16BrN3O. The molecule has 0 saturated carbocycles. The molecule has 1 atom stereocenters. The van der Waals surface area contributed by atoms with Crippen LogP contribution in [0.5, 0.6) is 0 Å². The van der Waals surface area contributed by atoms with Gasteiger partial charge in [-0.2, -0.15) is 5.26 Å². The molecule has 0 aliphatic rings. The molecular weight excluding hydrogens is 294 g/mol. The molecule has 5 heteroatoms. The molecule has 1 N–H and O–H groups in total. The maximum absolute atomic E-state index is 11.9. The zero-order valence-corrected chi connectivity index (χ0v) is 12.3. The summed E-state index contributed by atoms with van der Waals surface area (Å²) in [6, 6.07) is 6.99. The highest BCUT2D eigenvalue weighted by Crippen LogP contribution is 2.24. The van der Waals surface area contributed by atoms with E-state index >= 15 is 0 Å². The second kappa shape index (κ2) is 6.41. The number of hydrogen-bond acceptors (Lipinski definition) is 3. The lowest BCUT2D eigenvalue weighted by Gasteiger charge is -2.21. The number of nitriles is 1. The predicted molar refractivity (Wildman–Crippen MR) is 75.3 cm³/mol. The summed E-state index contributed by atoms with van der Waals surface area (Å²) >= 11 is 3.38. The fourth-order valence-corrected chi connectivity index (χ4v) is 1.98. The Kier molecular flexibility index (Phi) is 5.17. The van der Waals surface area contributed by atoms with Gasteiger partial charge in [0, 0.05) is 23.8 Å². The summed E-state index contributed by atoms with van der Waals surface area (Å²) in [7, 11) is 1.77. The zero-order chi connectivity index (χ0) is 13.7. The van der Waals surface area contributed by atoms with Crippen molar-refractivity contribution in [2.24, 2.45) is 0 Å². The number of carbonyl (C=O) groups is 1. The van der Waals surface area contributed by atoms with Gasteiger partial charge in [0.25, 0.3) is 0 Å². The van der Waals surface area contributed by atoms with Crippen molar-refractivity contribution in [1.82, 2.24) is 4.90 Å². The molecule has 1 unspecified atom stereocenters. The largest absolute Gasteiger partial charge is 0.373 e. The summed E-state index contributed by atoms with van der Waals surface area (Å²) in [4.78, 5) is 13.6. The van der Waals surface area contributed by atoms with Crippen LogP contribution in [0.4, 0.5) is 5.69 Å². The molecule has 0 bridgehead atoms. The van der Waals surface area contributed by atoms with Gasteiger partial charge in [0.1, 0.15) is 6.04 Å². The summed E-state index contributed by atoms with van der Waals surface area (Å²) in [5.41, 5.74) is 1.39.